The van der Waals surface area contributed by atoms with Gasteiger partial charge in [0.1, 0.15) is 0 Å². The van der Waals surface area contributed by atoms with E-state index in [1.807, 2.05) is 35.9 Å². The second-order valence-corrected chi connectivity index (χ2v) is 7.03. The standard InChI is InChI=1S/C14H18FNO3S/c1-10-4-2-5-11(8-10)12-9-13(12)14(17)16-20(18,19)7-3-6-15/h2,4-5,8,12-13H,3,6-7,9H2,1H3,(H,16,17). The average Bonchev–Trinajstić information content (AvgIpc) is 3.16. The van der Waals surface area contributed by atoms with Gasteiger partial charge in [-0.25, -0.2) is 8.42 Å². The number of sulfonamides is 1. The molecule has 1 N–H and O–H groups in total. The molecule has 0 spiro atoms. The van der Waals surface area contributed by atoms with Crippen molar-refractivity contribution in [3.8, 4) is 0 Å². The lowest BCUT2D eigenvalue weighted by atomic mass is 10.1. The van der Waals surface area contributed by atoms with E-state index in [-0.39, 0.29) is 24.0 Å². The molecule has 1 aliphatic rings. The molecular weight excluding hydrogens is 281 g/mol. The number of halogens is 1. The second kappa shape index (κ2) is 5.91. The zero-order valence-electron chi connectivity index (χ0n) is 11.3. The van der Waals surface area contributed by atoms with Gasteiger partial charge in [0.2, 0.25) is 15.9 Å². The van der Waals surface area contributed by atoms with Gasteiger partial charge in [-0.1, -0.05) is 29.8 Å². The first kappa shape index (κ1) is 15.0. The maximum absolute atomic E-state index is 12.0. The van der Waals surface area contributed by atoms with Crippen LogP contribution in [0.5, 0.6) is 0 Å². The Morgan fingerprint density at radius 2 is 2.20 bits per heavy atom. The first-order chi connectivity index (χ1) is 9.43. The summed E-state index contributed by atoms with van der Waals surface area (Å²) in [5, 5.41) is 0. The van der Waals surface area contributed by atoms with E-state index in [2.05, 4.69) is 0 Å². The fourth-order valence-electron chi connectivity index (χ4n) is 2.28. The molecule has 4 nitrogen and oxygen atoms in total. The van der Waals surface area contributed by atoms with Crippen LogP contribution in [0.2, 0.25) is 0 Å². The quantitative estimate of drug-likeness (QED) is 0.872. The molecule has 1 fully saturated rings. The third kappa shape index (κ3) is 3.79. The van der Waals surface area contributed by atoms with E-state index in [0.29, 0.717) is 6.42 Å². The largest absolute Gasteiger partial charge is 0.274 e. The molecule has 1 aliphatic carbocycles. The second-order valence-electron chi connectivity index (χ2n) is 5.19. The van der Waals surface area contributed by atoms with E-state index < -0.39 is 22.6 Å². The van der Waals surface area contributed by atoms with E-state index in [0.717, 1.165) is 11.1 Å². The van der Waals surface area contributed by atoms with Crippen molar-refractivity contribution in [2.75, 3.05) is 12.4 Å². The van der Waals surface area contributed by atoms with Crippen LogP contribution in [0.15, 0.2) is 24.3 Å². The van der Waals surface area contributed by atoms with Crippen LogP contribution in [0.25, 0.3) is 0 Å². The summed E-state index contributed by atoms with van der Waals surface area (Å²) in [7, 11) is -3.70. The summed E-state index contributed by atoms with van der Waals surface area (Å²) in [5.41, 5.74) is 2.18. The molecule has 110 valence electrons. The SMILES string of the molecule is Cc1cccc(C2CC2C(=O)NS(=O)(=O)CCCF)c1. The Kier molecular flexibility index (Phi) is 4.42. The normalized spacial score (nSPS) is 21.5. The molecule has 0 aliphatic heterocycles. The summed E-state index contributed by atoms with van der Waals surface area (Å²) in [6, 6.07) is 7.86. The number of hydrogen-bond donors (Lipinski definition) is 1. The lowest BCUT2D eigenvalue weighted by Crippen LogP contribution is -2.34. The van der Waals surface area contributed by atoms with E-state index in [1.54, 1.807) is 0 Å². The predicted octanol–water partition coefficient (Wildman–Crippen LogP) is 1.90. The van der Waals surface area contributed by atoms with Crippen LogP contribution in [0.1, 0.15) is 29.9 Å². The van der Waals surface area contributed by atoms with Crippen LogP contribution in [0.3, 0.4) is 0 Å². The van der Waals surface area contributed by atoms with E-state index in [4.69, 9.17) is 0 Å². The van der Waals surface area contributed by atoms with Crippen LogP contribution in [0, 0.1) is 12.8 Å². The van der Waals surface area contributed by atoms with Crippen LogP contribution in [-0.2, 0) is 14.8 Å². The lowest BCUT2D eigenvalue weighted by molar-refractivity contribution is -0.120. The summed E-state index contributed by atoms with van der Waals surface area (Å²) >= 11 is 0. The minimum atomic E-state index is -3.70. The molecule has 2 unspecified atom stereocenters. The Morgan fingerprint density at radius 3 is 2.85 bits per heavy atom. The number of alkyl halides is 1. The van der Waals surface area contributed by atoms with Gasteiger partial charge in [0.15, 0.2) is 0 Å². The number of benzene rings is 1. The first-order valence-corrected chi connectivity index (χ1v) is 8.25. The molecule has 6 heteroatoms. The average molecular weight is 299 g/mol. The molecule has 0 saturated heterocycles. The van der Waals surface area contributed by atoms with Gasteiger partial charge < -0.3 is 0 Å². The van der Waals surface area contributed by atoms with Crippen LogP contribution >= 0.6 is 0 Å². The number of nitrogens with one attached hydrogen (secondary N) is 1. The number of hydrogen-bond acceptors (Lipinski definition) is 3. The maximum Gasteiger partial charge on any atom is 0.237 e. The zero-order chi connectivity index (χ0) is 14.8. The number of aryl methyl sites for hydroxylation is 1. The summed E-state index contributed by atoms with van der Waals surface area (Å²) in [6.07, 6.45) is 0.572. The molecule has 0 heterocycles. The highest BCUT2D eigenvalue weighted by molar-refractivity contribution is 7.90. The molecule has 20 heavy (non-hydrogen) atoms. The zero-order valence-corrected chi connectivity index (χ0v) is 12.1. The molecule has 2 rings (SSSR count). The molecule has 1 amide bonds. The minimum Gasteiger partial charge on any atom is -0.274 e. The maximum atomic E-state index is 12.0. The number of carbonyl (C=O) groups excluding carboxylic acids is 1. The highest BCUT2D eigenvalue weighted by atomic mass is 32.2. The number of carbonyl (C=O) groups is 1. The topological polar surface area (TPSA) is 63.2 Å². The Hall–Kier alpha value is -1.43. The highest BCUT2D eigenvalue weighted by Crippen LogP contribution is 2.47. The van der Waals surface area contributed by atoms with Gasteiger partial charge in [-0.15, -0.1) is 0 Å². The van der Waals surface area contributed by atoms with Crippen molar-refractivity contribution in [2.24, 2.45) is 5.92 Å². The number of amides is 1. The minimum absolute atomic E-state index is 0.0887. The van der Waals surface area contributed by atoms with Crippen molar-refractivity contribution in [2.45, 2.75) is 25.7 Å². The smallest absolute Gasteiger partial charge is 0.237 e. The van der Waals surface area contributed by atoms with Crippen molar-refractivity contribution in [3.05, 3.63) is 35.4 Å². The van der Waals surface area contributed by atoms with Crippen LogP contribution in [0.4, 0.5) is 4.39 Å². The summed E-state index contributed by atoms with van der Waals surface area (Å²) in [6.45, 7) is 1.27. The Bertz CT molecular complexity index is 600. The van der Waals surface area contributed by atoms with Crippen LogP contribution in [-0.4, -0.2) is 26.8 Å². The highest BCUT2D eigenvalue weighted by Gasteiger charge is 2.44. The lowest BCUT2D eigenvalue weighted by Gasteiger charge is -2.06. The third-order valence-electron chi connectivity index (χ3n) is 3.40. The summed E-state index contributed by atoms with van der Waals surface area (Å²) < 4.78 is 37.1. The molecule has 0 radical (unpaired) electrons. The van der Waals surface area contributed by atoms with Gasteiger partial charge in [0, 0.05) is 5.92 Å². The molecule has 1 aromatic carbocycles. The van der Waals surface area contributed by atoms with Crippen molar-refractivity contribution in [1.29, 1.82) is 0 Å². The Morgan fingerprint density at radius 1 is 1.45 bits per heavy atom. The Balaban J connectivity index is 1.93. The van der Waals surface area contributed by atoms with E-state index >= 15 is 0 Å². The molecule has 0 aromatic heterocycles. The van der Waals surface area contributed by atoms with Crippen molar-refractivity contribution < 1.29 is 17.6 Å². The summed E-state index contributed by atoms with van der Waals surface area (Å²) in [5.74, 6) is -1.03. The van der Waals surface area contributed by atoms with Crippen LogP contribution < -0.4 is 4.72 Å². The van der Waals surface area contributed by atoms with Gasteiger partial charge in [0.25, 0.3) is 0 Å². The summed E-state index contributed by atoms with van der Waals surface area (Å²) in [4.78, 5) is 11.9. The van der Waals surface area contributed by atoms with Crippen molar-refractivity contribution in [1.82, 2.24) is 4.72 Å². The molecule has 1 aromatic rings. The fourth-order valence-corrected chi connectivity index (χ4v) is 3.33. The van der Waals surface area contributed by atoms with E-state index in [9.17, 15) is 17.6 Å². The molecule has 2 atom stereocenters. The first-order valence-electron chi connectivity index (χ1n) is 6.60. The fraction of sp³-hybridized carbons (Fsp3) is 0.500. The number of rotatable bonds is 6. The molecular formula is C14H18FNO3S. The molecule has 0 bridgehead atoms. The Labute approximate surface area is 118 Å². The molecule has 1 saturated carbocycles. The van der Waals surface area contributed by atoms with E-state index in [1.165, 1.54) is 0 Å². The van der Waals surface area contributed by atoms with Gasteiger partial charge in [0.05, 0.1) is 12.4 Å². The monoisotopic (exact) mass is 299 g/mol. The van der Waals surface area contributed by atoms with Gasteiger partial charge >= 0.3 is 0 Å². The van der Waals surface area contributed by atoms with Gasteiger partial charge in [-0.2, -0.15) is 0 Å². The van der Waals surface area contributed by atoms with Gasteiger partial charge in [-0.3, -0.25) is 13.9 Å². The van der Waals surface area contributed by atoms with Crippen molar-refractivity contribution in [3.63, 3.8) is 0 Å². The third-order valence-corrected chi connectivity index (χ3v) is 4.74. The van der Waals surface area contributed by atoms with Gasteiger partial charge in [-0.05, 0) is 31.2 Å². The van der Waals surface area contributed by atoms with Crippen molar-refractivity contribution >= 4 is 15.9 Å². The predicted molar refractivity (Wildman–Crippen MR) is 74.5 cm³/mol.